The number of furan rings is 1. The Kier molecular flexibility index (Phi) is 5.05. The Labute approximate surface area is 131 Å². The molecular weight excluding hydrogens is 336 g/mol. The average Bonchev–Trinajstić information content (AvgIpc) is 2.92. The van der Waals surface area contributed by atoms with Gasteiger partial charge >= 0.3 is 5.91 Å². The summed E-state index contributed by atoms with van der Waals surface area (Å²) >= 11 is 3.14. The molecule has 2 aromatic rings. The van der Waals surface area contributed by atoms with Gasteiger partial charge in [-0.3, -0.25) is 15.6 Å². The second-order valence-electron chi connectivity index (χ2n) is 4.12. The summed E-state index contributed by atoms with van der Waals surface area (Å²) in [6, 6.07) is 10.6. The van der Waals surface area contributed by atoms with Crippen molar-refractivity contribution >= 4 is 27.5 Å². The molecule has 0 spiro atoms. The molecule has 0 saturated heterocycles. The summed E-state index contributed by atoms with van der Waals surface area (Å²) in [5, 5.41) is 0. The number of ether oxygens (including phenoxy) is 1. The summed E-state index contributed by atoms with van der Waals surface area (Å²) in [6.45, 7) is 6.41. The summed E-state index contributed by atoms with van der Waals surface area (Å²) in [6.07, 6.45) is 0. The van der Waals surface area contributed by atoms with Gasteiger partial charge in [-0.25, -0.2) is 0 Å². The number of hydrogen-bond acceptors (Lipinski definition) is 4. The van der Waals surface area contributed by atoms with E-state index in [9.17, 15) is 4.79 Å². The molecule has 0 radical (unpaired) electrons. The predicted octanol–water partition coefficient (Wildman–Crippen LogP) is 3.35. The van der Waals surface area contributed by atoms with Crippen molar-refractivity contribution in [2.45, 2.75) is 6.92 Å². The Morgan fingerprint density at radius 2 is 1.95 bits per heavy atom. The molecule has 5 nitrogen and oxygen atoms in total. The lowest BCUT2D eigenvalue weighted by atomic mass is 10.2. The first-order valence-corrected chi connectivity index (χ1v) is 7.13. The van der Waals surface area contributed by atoms with Crippen molar-refractivity contribution in [3.05, 3.63) is 59.0 Å². The van der Waals surface area contributed by atoms with E-state index in [1.54, 1.807) is 12.1 Å². The second kappa shape index (κ2) is 6.99. The summed E-state index contributed by atoms with van der Waals surface area (Å²) in [7, 11) is 0. The van der Waals surface area contributed by atoms with Crippen molar-refractivity contribution in [1.29, 1.82) is 0 Å². The van der Waals surface area contributed by atoms with Crippen LogP contribution in [0.3, 0.4) is 0 Å². The zero-order valence-corrected chi connectivity index (χ0v) is 13.1. The Hall–Kier alpha value is -2.21. The van der Waals surface area contributed by atoms with Crippen molar-refractivity contribution in [3.8, 4) is 5.75 Å². The molecule has 0 atom stereocenters. The van der Waals surface area contributed by atoms with Crippen molar-refractivity contribution in [3.63, 3.8) is 0 Å². The second-order valence-corrected chi connectivity index (χ2v) is 4.90. The molecule has 2 rings (SSSR count). The van der Waals surface area contributed by atoms with Crippen LogP contribution in [0.15, 0.2) is 52.1 Å². The van der Waals surface area contributed by atoms with Gasteiger partial charge in [-0.1, -0.05) is 6.58 Å². The van der Waals surface area contributed by atoms with E-state index in [1.165, 1.54) is 0 Å². The van der Waals surface area contributed by atoms with Crippen molar-refractivity contribution < 1.29 is 13.9 Å². The van der Waals surface area contributed by atoms with Gasteiger partial charge in [-0.15, -0.1) is 0 Å². The Morgan fingerprint density at radius 3 is 2.52 bits per heavy atom. The number of amides is 1. The lowest BCUT2D eigenvalue weighted by molar-refractivity contribution is 0.0913. The van der Waals surface area contributed by atoms with Gasteiger partial charge < -0.3 is 9.15 Å². The van der Waals surface area contributed by atoms with E-state index in [-0.39, 0.29) is 11.7 Å². The summed E-state index contributed by atoms with van der Waals surface area (Å²) in [5.41, 5.74) is 6.68. The van der Waals surface area contributed by atoms with Crippen molar-refractivity contribution in [2.24, 2.45) is 0 Å². The molecule has 0 aliphatic heterocycles. The molecule has 0 bridgehead atoms. The SMILES string of the molecule is C=C(NNC(=O)c1ccc(Br)o1)c1ccc(OCC)cc1. The highest BCUT2D eigenvalue weighted by molar-refractivity contribution is 9.10. The number of hydrazine groups is 1. The van der Waals surface area contributed by atoms with Crippen LogP contribution in [0.5, 0.6) is 5.75 Å². The van der Waals surface area contributed by atoms with Crippen LogP contribution in [0.2, 0.25) is 0 Å². The third-order valence-electron chi connectivity index (χ3n) is 2.64. The third-order valence-corrected chi connectivity index (χ3v) is 3.06. The van der Waals surface area contributed by atoms with Gasteiger partial charge in [0.15, 0.2) is 10.4 Å². The molecule has 0 fully saturated rings. The Balaban J connectivity index is 1.90. The first-order valence-electron chi connectivity index (χ1n) is 6.34. The van der Waals surface area contributed by atoms with Gasteiger partial charge in [0.05, 0.1) is 12.3 Å². The van der Waals surface area contributed by atoms with Crippen LogP contribution in [0.4, 0.5) is 0 Å². The third kappa shape index (κ3) is 4.13. The molecule has 1 aromatic carbocycles. The van der Waals surface area contributed by atoms with E-state index in [0.29, 0.717) is 17.0 Å². The van der Waals surface area contributed by atoms with Crippen LogP contribution in [0.1, 0.15) is 23.0 Å². The highest BCUT2D eigenvalue weighted by Gasteiger charge is 2.10. The van der Waals surface area contributed by atoms with E-state index in [2.05, 4.69) is 33.4 Å². The van der Waals surface area contributed by atoms with Gasteiger partial charge in [-0.05, 0) is 64.8 Å². The van der Waals surface area contributed by atoms with Gasteiger partial charge in [0.2, 0.25) is 0 Å². The fourth-order valence-electron chi connectivity index (χ4n) is 1.62. The topological polar surface area (TPSA) is 63.5 Å². The molecule has 2 N–H and O–H groups in total. The lowest BCUT2D eigenvalue weighted by Crippen LogP contribution is -2.35. The van der Waals surface area contributed by atoms with Crippen LogP contribution in [-0.4, -0.2) is 12.5 Å². The minimum Gasteiger partial charge on any atom is -0.494 e. The quantitative estimate of drug-likeness (QED) is 0.784. The van der Waals surface area contributed by atoms with E-state index >= 15 is 0 Å². The molecule has 0 aliphatic rings. The highest BCUT2D eigenvalue weighted by Crippen LogP contribution is 2.16. The van der Waals surface area contributed by atoms with E-state index in [0.717, 1.165) is 11.3 Å². The van der Waals surface area contributed by atoms with Gasteiger partial charge in [0.25, 0.3) is 0 Å². The molecule has 1 heterocycles. The molecule has 21 heavy (non-hydrogen) atoms. The van der Waals surface area contributed by atoms with Gasteiger partial charge in [-0.2, -0.15) is 0 Å². The van der Waals surface area contributed by atoms with Crippen LogP contribution in [0, 0.1) is 0 Å². The maximum atomic E-state index is 11.8. The fraction of sp³-hybridized carbons (Fsp3) is 0.133. The molecule has 6 heteroatoms. The number of halogens is 1. The number of carbonyl (C=O) groups is 1. The average molecular weight is 351 g/mol. The molecule has 1 aromatic heterocycles. The summed E-state index contributed by atoms with van der Waals surface area (Å²) in [4.78, 5) is 11.8. The number of rotatable bonds is 6. The van der Waals surface area contributed by atoms with E-state index in [4.69, 9.17) is 9.15 Å². The van der Waals surface area contributed by atoms with Crippen LogP contribution < -0.4 is 15.6 Å². The fourth-order valence-corrected chi connectivity index (χ4v) is 1.93. The standard InChI is InChI=1S/C15H15BrN2O3/c1-3-20-12-6-4-11(5-7-12)10(2)17-18-15(19)13-8-9-14(16)21-13/h4-9,17H,2-3H2,1H3,(H,18,19). The summed E-state index contributed by atoms with van der Waals surface area (Å²) < 4.78 is 11.0. The zero-order chi connectivity index (χ0) is 15.2. The van der Waals surface area contributed by atoms with Crippen LogP contribution in [0.25, 0.3) is 5.70 Å². The Morgan fingerprint density at radius 1 is 1.24 bits per heavy atom. The molecule has 110 valence electrons. The smallest absolute Gasteiger partial charge is 0.305 e. The highest BCUT2D eigenvalue weighted by atomic mass is 79.9. The Bertz CT molecular complexity index is 635. The van der Waals surface area contributed by atoms with Gasteiger partial charge in [0.1, 0.15) is 5.75 Å². The largest absolute Gasteiger partial charge is 0.494 e. The van der Waals surface area contributed by atoms with Gasteiger partial charge in [0, 0.05) is 0 Å². The monoisotopic (exact) mass is 350 g/mol. The molecular formula is C15H15BrN2O3. The van der Waals surface area contributed by atoms with Crippen LogP contribution in [-0.2, 0) is 0 Å². The maximum absolute atomic E-state index is 11.8. The van der Waals surface area contributed by atoms with E-state index in [1.807, 2.05) is 31.2 Å². The maximum Gasteiger partial charge on any atom is 0.305 e. The van der Waals surface area contributed by atoms with Crippen LogP contribution >= 0.6 is 15.9 Å². The minimum absolute atomic E-state index is 0.203. The normalized spacial score (nSPS) is 10.0. The first-order chi connectivity index (χ1) is 10.1. The van der Waals surface area contributed by atoms with Crippen molar-refractivity contribution in [1.82, 2.24) is 10.9 Å². The molecule has 0 saturated carbocycles. The van der Waals surface area contributed by atoms with Crippen molar-refractivity contribution in [2.75, 3.05) is 6.61 Å². The number of hydrogen-bond donors (Lipinski definition) is 2. The number of benzene rings is 1. The molecule has 0 unspecified atom stereocenters. The number of carbonyl (C=O) groups excluding carboxylic acids is 1. The van der Waals surface area contributed by atoms with E-state index < -0.39 is 0 Å². The first kappa shape index (κ1) is 15.2. The lowest BCUT2D eigenvalue weighted by Gasteiger charge is -2.11. The predicted molar refractivity (Wildman–Crippen MR) is 83.7 cm³/mol. The molecule has 0 aliphatic carbocycles. The minimum atomic E-state index is -0.382. The zero-order valence-electron chi connectivity index (χ0n) is 11.5. The summed E-state index contributed by atoms with van der Waals surface area (Å²) in [5.74, 6) is 0.611. The number of nitrogens with one attached hydrogen (secondary N) is 2. The molecule has 1 amide bonds.